The van der Waals surface area contributed by atoms with Crippen molar-refractivity contribution in [2.24, 2.45) is 0 Å². The van der Waals surface area contributed by atoms with E-state index < -0.39 is 0 Å². The number of Topliss-reactive ketones (excluding diaryl/α,β-unsaturated/α-hetero) is 1. The molecular formula is C12H17NO2S. The zero-order valence-corrected chi connectivity index (χ0v) is 10.3. The molecular weight excluding hydrogens is 222 g/mol. The van der Waals surface area contributed by atoms with Crippen molar-refractivity contribution in [2.75, 3.05) is 13.7 Å². The Morgan fingerprint density at radius 2 is 2.56 bits per heavy atom. The van der Waals surface area contributed by atoms with Gasteiger partial charge in [0, 0.05) is 25.0 Å². The van der Waals surface area contributed by atoms with Crippen LogP contribution in [0, 0.1) is 0 Å². The zero-order chi connectivity index (χ0) is 11.4. The molecule has 1 aromatic heterocycles. The molecule has 88 valence electrons. The first kappa shape index (κ1) is 11.8. The second kappa shape index (κ2) is 5.57. The third-order valence-electron chi connectivity index (χ3n) is 3.01. The summed E-state index contributed by atoms with van der Waals surface area (Å²) in [5.74, 6) is 0.313. The van der Waals surface area contributed by atoms with Gasteiger partial charge in [0.15, 0.2) is 0 Å². The summed E-state index contributed by atoms with van der Waals surface area (Å²) in [5.41, 5.74) is 0. The Hall–Kier alpha value is -0.710. The van der Waals surface area contributed by atoms with Crippen LogP contribution >= 0.6 is 11.3 Å². The largest absolute Gasteiger partial charge is 0.380 e. The van der Waals surface area contributed by atoms with Gasteiger partial charge in [0.05, 0.1) is 12.1 Å². The standard InChI is InChI=1S/C12H17NO2S/c1-15-9-7-11(13-8-9)12(14)5-4-10-3-2-6-16-10/h2-3,6,9,11,13H,4-5,7-8H2,1H3. The average molecular weight is 239 g/mol. The minimum absolute atomic E-state index is 0.00455. The van der Waals surface area contributed by atoms with Crippen LogP contribution in [0.3, 0.4) is 0 Å². The average Bonchev–Trinajstić information content (AvgIpc) is 2.96. The first-order chi connectivity index (χ1) is 7.79. The van der Waals surface area contributed by atoms with Gasteiger partial charge in [-0.2, -0.15) is 0 Å². The molecule has 0 bridgehead atoms. The quantitative estimate of drug-likeness (QED) is 0.848. The van der Waals surface area contributed by atoms with E-state index in [2.05, 4.69) is 16.8 Å². The lowest BCUT2D eigenvalue weighted by Gasteiger charge is -2.08. The molecule has 2 rings (SSSR count). The lowest BCUT2D eigenvalue weighted by Crippen LogP contribution is -2.30. The van der Waals surface area contributed by atoms with E-state index >= 15 is 0 Å². The van der Waals surface area contributed by atoms with Crippen LogP contribution in [-0.4, -0.2) is 31.6 Å². The molecule has 4 heteroatoms. The van der Waals surface area contributed by atoms with Crippen molar-refractivity contribution in [2.45, 2.75) is 31.4 Å². The molecule has 0 radical (unpaired) electrons. The Kier molecular flexibility index (Phi) is 4.09. The molecule has 2 heterocycles. The number of methoxy groups -OCH3 is 1. The molecule has 0 amide bonds. The van der Waals surface area contributed by atoms with Gasteiger partial charge in [-0.3, -0.25) is 4.79 Å². The summed E-state index contributed by atoms with van der Waals surface area (Å²) in [6.45, 7) is 0.798. The maximum Gasteiger partial charge on any atom is 0.150 e. The van der Waals surface area contributed by atoms with Crippen LogP contribution in [-0.2, 0) is 16.0 Å². The number of rotatable bonds is 5. The summed E-state index contributed by atoms with van der Waals surface area (Å²) in [6.07, 6.45) is 2.52. The van der Waals surface area contributed by atoms with Gasteiger partial charge in [0.25, 0.3) is 0 Å². The number of ketones is 1. The molecule has 1 saturated heterocycles. The Morgan fingerprint density at radius 1 is 1.69 bits per heavy atom. The van der Waals surface area contributed by atoms with E-state index in [0.29, 0.717) is 12.2 Å². The number of aryl methyl sites for hydroxylation is 1. The molecule has 1 N–H and O–H groups in total. The maximum atomic E-state index is 11.9. The topological polar surface area (TPSA) is 38.3 Å². The van der Waals surface area contributed by atoms with Crippen LogP contribution < -0.4 is 5.32 Å². The van der Waals surface area contributed by atoms with Crippen molar-refractivity contribution in [3.05, 3.63) is 22.4 Å². The van der Waals surface area contributed by atoms with E-state index in [1.807, 2.05) is 6.07 Å². The molecule has 2 atom stereocenters. The third-order valence-corrected chi connectivity index (χ3v) is 3.95. The second-order valence-electron chi connectivity index (χ2n) is 4.10. The summed E-state index contributed by atoms with van der Waals surface area (Å²) in [5, 5.41) is 5.27. The van der Waals surface area contributed by atoms with E-state index in [9.17, 15) is 4.79 Å². The van der Waals surface area contributed by atoms with Gasteiger partial charge >= 0.3 is 0 Å². The van der Waals surface area contributed by atoms with Gasteiger partial charge in [-0.25, -0.2) is 0 Å². The predicted molar refractivity (Wildman–Crippen MR) is 64.9 cm³/mol. The van der Waals surface area contributed by atoms with E-state index in [4.69, 9.17) is 4.74 Å². The number of nitrogens with one attached hydrogen (secondary N) is 1. The van der Waals surface area contributed by atoms with Gasteiger partial charge in [0.1, 0.15) is 5.78 Å². The molecule has 1 fully saturated rings. The van der Waals surface area contributed by atoms with Gasteiger partial charge in [-0.1, -0.05) is 6.07 Å². The molecule has 3 nitrogen and oxygen atoms in total. The molecule has 0 saturated carbocycles. The van der Waals surface area contributed by atoms with Crippen molar-refractivity contribution in [3.63, 3.8) is 0 Å². The van der Waals surface area contributed by atoms with Crippen molar-refractivity contribution < 1.29 is 9.53 Å². The van der Waals surface area contributed by atoms with Crippen molar-refractivity contribution in [1.82, 2.24) is 5.32 Å². The molecule has 1 aliphatic rings. The fraction of sp³-hybridized carbons (Fsp3) is 0.583. The van der Waals surface area contributed by atoms with E-state index in [0.717, 1.165) is 19.4 Å². The number of ether oxygens (including phenoxy) is 1. The monoisotopic (exact) mass is 239 g/mol. The fourth-order valence-corrected chi connectivity index (χ4v) is 2.71. The lowest BCUT2D eigenvalue weighted by atomic mass is 10.1. The van der Waals surface area contributed by atoms with E-state index in [1.54, 1.807) is 18.4 Å². The fourth-order valence-electron chi connectivity index (χ4n) is 2.00. The van der Waals surface area contributed by atoms with Crippen LogP contribution in [0.4, 0.5) is 0 Å². The smallest absolute Gasteiger partial charge is 0.150 e. The first-order valence-electron chi connectivity index (χ1n) is 5.61. The summed E-state index contributed by atoms with van der Waals surface area (Å²) in [4.78, 5) is 13.2. The first-order valence-corrected chi connectivity index (χ1v) is 6.49. The molecule has 0 aromatic carbocycles. The Morgan fingerprint density at radius 3 is 3.19 bits per heavy atom. The minimum atomic E-state index is 0.00455. The number of thiophene rings is 1. The molecule has 1 aromatic rings. The van der Waals surface area contributed by atoms with E-state index in [1.165, 1.54) is 4.88 Å². The van der Waals surface area contributed by atoms with Gasteiger partial charge in [-0.15, -0.1) is 11.3 Å². The number of carbonyl (C=O) groups excluding carboxylic acids is 1. The van der Waals surface area contributed by atoms with E-state index in [-0.39, 0.29) is 12.1 Å². The van der Waals surface area contributed by atoms with Crippen LogP contribution in [0.25, 0.3) is 0 Å². The van der Waals surface area contributed by atoms with Gasteiger partial charge < -0.3 is 10.1 Å². The molecule has 0 spiro atoms. The second-order valence-corrected chi connectivity index (χ2v) is 5.13. The number of carbonyl (C=O) groups is 1. The number of hydrogen-bond donors (Lipinski definition) is 1. The third kappa shape index (κ3) is 2.90. The maximum absolute atomic E-state index is 11.9. The van der Waals surface area contributed by atoms with Crippen LogP contribution in [0.5, 0.6) is 0 Å². The Bertz CT molecular complexity index is 337. The predicted octanol–water partition coefficient (Wildman–Crippen LogP) is 1.63. The summed E-state index contributed by atoms with van der Waals surface area (Å²) in [6, 6.07) is 4.11. The number of hydrogen-bond acceptors (Lipinski definition) is 4. The normalized spacial score (nSPS) is 24.8. The minimum Gasteiger partial charge on any atom is -0.380 e. The molecule has 16 heavy (non-hydrogen) atoms. The Balaban J connectivity index is 1.76. The van der Waals surface area contributed by atoms with Gasteiger partial charge in [-0.05, 0) is 24.3 Å². The molecule has 2 unspecified atom stereocenters. The Labute approximate surface area is 99.8 Å². The highest BCUT2D eigenvalue weighted by Crippen LogP contribution is 2.15. The molecule has 0 aliphatic carbocycles. The zero-order valence-electron chi connectivity index (χ0n) is 9.44. The summed E-state index contributed by atoms with van der Waals surface area (Å²) in [7, 11) is 1.70. The highest BCUT2D eigenvalue weighted by Gasteiger charge is 2.28. The van der Waals surface area contributed by atoms with Crippen LogP contribution in [0.2, 0.25) is 0 Å². The van der Waals surface area contributed by atoms with Gasteiger partial charge in [0.2, 0.25) is 0 Å². The van der Waals surface area contributed by atoms with Crippen molar-refractivity contribution in [1.29, 1.82) is 0 Å². The highest BCUT2D eigenvalue weighted by atomic mass is 32.1. The van der Waals surface area contributed by atoms with Crippen LogP contribution in [0.1, 0.15) is 17.7 Å². The highest BCUT2D eigenvalue weighted by molar-refractivity contribution is 7.09. The van der Waals surface area contributed by atoms with Crippen LogP contribution in [0.15, 0.2) is 17.5 Å². The SMILES string of the molecule is COC1CNC(C(=O)CCc2cccs2)C1. The lowest BCUT2D eigenvalue weighted by molar-refractivity contribution is -0.120. The summed E-state index contributed by atoms with van der Waals surface area (Å²) < 4.78 is 5.23. The van der Waals surface area contributed by atoms with Crippen molar-refractivity contribution >= 4 is 17.1 Å². The van der Waals surface area contributed by atoms with Crippen molar-refractivity contribution in [3.8, 4) is 0 Å². The molecule has 1 aliphatic heterocycles. The summed E-state index contributed by atoms with van der Waals surface area (Å²) >= 11 is 1.72.